The maximum absolute atomic E-state index is 5.37. The van der Waals surface area contributed by atoms with E-state index in [4.69, 9.17) is 9.72 Å². The second-order valence-electron chi connectivity index (χ2n) is 4.85. The van der Waals surface area contributed by atoms with Crippen LogP contribution in [0.25, 0.3) is 10.9 Å². The highest BCUT2D eigenvalue weighted by atomic mass is 32.2. The zero-order valence-corrected chi connectivity index (χ0v) is 13.2. The topological polar surface area (TPSA) is 34.1 Å². The molecule has 0 bridgehead atoms. The van der Waals surface area contributed by atoms with Gasteiger partial charge in [0, 0.05) is 17.2 Å². The Morgan fingerprint density at radius 3 is 2.90 bits per heavy atom. The number of nitrogens with zero attached hydrogens (tertiary/aromatic N) is 1. The van der Waals surface area contributed by atoms with Crippen molar-refractivity contribution in [3.8, 4) is 5.75 Å². The third-order valence-corrected chi connectivity index (χ3v) is 4.44. The van der Waals surface area contributed by atoms with E-state index in [-0.39, 0.29) is 0 Å². The number of rotatable bonds is 7. The van der Waals surface area contributed by atoms with Crippen LogP contribution in [0.4, 0.5) is 0 Å². The summed E-state index contributed by atoms with van der Waals surface area (Å²) in [5.41, 5.74) is 1.99. The van der Waals surface area contributed by atoms with Crippen LogP contribution in [0.3, 0.4) is 0 Å². The van der Waals surface area contributed by atoms with Crippen LogP contribution in [-0.4, -0.2) is 30.1 Å². The minimum absolute atomic E-state index is 0.701. The second-order valence-corrected chi connectivity index (χ2v) is 6.12. The van der Waals surface area contributed by atoms with E-state index in [9.17, 15) is 0 Å². The number of para-hydroxylation sites is 1. The van der Waals surface area contributed by atoms with Crippen LogP contribution < -0.4 is 10.1 Å². The smallest absolute Gasteiger partial charge is 0.145 e. The first-order chi connectivity index (χ1) is 9.74. The third kappa shape index (κ3) is 3.87. The van der Waals surface area contributed by atoms with Gasteiger partial charge < -0.3 is 10.1 Å². The molecule has 20 heavy (non-hydrogen) atoms. The highest BCUT2D eigenvalue weighted by Crippen LogP contribution is 2.23. The average Bonchev–Trinajstić information content (AvgIpc) is 2.50. The van der Waals surface area contributed by atoms with E-state index in [1.165, 1.54) is 6.42 Å². The second kappa shape index (κ2) is 7.50. The van der Waals surface area contributed by atoms with Gasteiger partial charge in [-0.15, -0.1) is 0 Å². The molecule has 4 heteroatoms. The van der Waals surface area contributed by atoms with E-state index >= 15 is 0 Å². The Morgan fingerprint density at radius 1 is 1.30 bits per heavy atom. The minimum Gasteiger partial charge on any atom is -0.494 e. The fraction of sp³-hybridized carbons (Fsp3) is 0.438. The first-order valence-corrected chi connectivity index (χ1v) is 8.19. The van der Waals surface area contributed by atoms with Gasteiger partial charge in [0.25, 0.3) is 0 Å². The van der Waals surface area contributed by atoms with Crippen molar-refractivity contribution >= 4 is 22.7 Å². The molecule has 1 unspecified atom stereocenters. The summed E-state index contributed by atoms with van der Waals surface area (Å²) in [5.74, 6) is 0.834. The Morgan fingerprint density at radius 2 is 2.15 bits per heavy atom. The van der Waals surface area contributed by atoms with Gasteiger partial charge >= 0.3 is 0 Å². The maximum atomic E-state index is 5.37. The van der Waals surface area contributed by atoms with Gasteiger partial charge in [-0.3, -0.25) is 0 Å². The molecular weight excluding hydrogens is 268 g/mol. The molecule has 0 aliphatic heterocycles. The molecule has 1 aromatic carbocycles. The molecule has 0 aliphatic rings. The van der Waals surface area contributed by atoms with Gasteiger partial charge in [0.2, 0.25) is 0 Å². The number of hydrogen-bond acceptors (Lipinski definition) is 4. The number of benzene rings is 1. The summed E-state index contributed by atoms with van der Waals surface area (Å²) in [5, 5.41) is 5.27. The normalized spacial score (nSPS) is 12.6. The van der Waals surface area contributed by atoms with Crippen LogP contribution in [0.1, 0.15) is 19.0 Å². The molecule has 1 heterocycles. The van der Waals surface area contributed by atoms with Crippen molar-refractivity contribution in [3.05, 3.63) is 36.0 Å². The summed E-state index contributed by atoms with van der Waals surface area (Å²) in [4.78, 5) is 4.69. The van der Waals surface area contributed by atoms with E-state index in [0.29, 0.717) is 5.25 Å². The Bertz CT molecular complexity index is 559. The lowest BCUT2D eigenvalue weighted by Gasteiger charge is -2.10. The summed E-state index contributed by atoms with van der Waals surface area (Å²) in [6.07, 6.45) is 3.33. The van der Waals surface area contributed by atoms with E-state index in [1.807, 2.05) is 23.9 Å². The molecule has 2 rings (SSSR count). The van der Waals surface area contributed by atoms with Gasteiger partial charge in [-0.25, -0.2) is 4.98 Å². The molecule has 1 aromatic heterocycles. The van der Waals surface area contributed by atoms with Gasteiger partial charge in [-0.05, 0) is 31.4 Å². The molecule has 0 aliphatic carbocycles. The fourth-order valence-electron chi connectivity index (χ4n) is 2.06. The first-order valence-electron chi connectivity index (χ1n) is 6.90. The molecule has 0 amide bonds. The fourth-order valence-corrected chi connectivity index (χ4v) is 2.42. The van der Waals surface area contributed by atoms with Crippen molar-refractivity contribution in [3.63, 3.8) is 0 Å². The van der Waals surface area contributed by atoms with Crippen molar-refractivity contribution in [1.82, 2.24) is 10.3 Å². The predicted molar refractivity (Wildman–Crippen MR) is 87.6 cm³/mol. The van der Waals surface area contributed by atoms with Crippen molar-refractivity contribution in [1.29, 1.82) is 0 Å². The largest absolute Gasteiger partial charge is 0.494 e. The lowest BCUT2D eigenvalue weighted by atomic mass is 10.2. The molecule has 3 nitrogen and oxygen atoms in total. The van der Waals surface area contributed by atoms with Gasteiger partial charge in [-0.1, -0.05) is 25.1 Å². The van der Waals surface area contributed by atoms with E-state index in [0.717, 1.165) is 35.4 Å². The number of methoxy groups -OCH3 is 1. The van der Waals surface area contributed by atoms with E-state index < -0.39 is 0 Å². The predicted octanol–water partition coefficient (Wildman–Crippen LogP) is 3.47. The number of nitrogens with one attached hydrogen (secondary N) is 1. The highest BCUT2D eigenvalue weighted by molar-refractivity contribution is 7.99. The van der Waals surface area contributed by atoms with Gasteiger partial charge in [0.15, 0.2) is 0 Å². The molecule has 1 N–H and O–H groups in total. The molecular formula is C16H22N2OS. The third-order valence-electron chi connectivity index (χ3n) is 3.40. The molecule has 0 saturated carbocycles. The quantitative estimate of drug-likeness (QED) is 0.792. The van der Waals surface area contributed by atoms with Gasteiger partial charge in [0.1, 0.15) is 11.3 Å². The number of thioether (sulfide) groups is 1. The first kappa shape index (κ1) is 15.1. The molecule has 108 valence electrons. The molecule has 1 atom stereocenters. The summed E-state index contributed by atoms with van der Waals surface area (Å²) >= 11 is 1.91. The SMILES string of the molecule is COc1cccc2ccc(CNCCC(C)SC)nc12. The number of ether oxygens (including phenoxy) is 1. The summed E-state index contributed by atoms with van der Waals surface area (Å²) in [6.45, 7) is 4.08. The van der Waals surface area contributed by atoms with Crippen molar-refractivity contribution in [2.45, 2.75) is 25.1 Å². The van der Waals surface area contributed by atoms with Crippen molar-refractivity contribution in [2.75, 3.05) is 19.9 Å². The maximum Gasteiger partial charge on any atom is 0.145 e. The number of hydrogen-bond donors (Lipinski definition) is 1. The Kier molecular flexibility index (Phi) is 5.68. The Balaban J connectivity index is 2.00. The molecule has 0 spiro atoms. The zero-order chi connectivity index (χ0) is 14.4. The van der Waals surface area contributed by atoms with Crippen LogP contribution in [0.5, 0.6) is 5.75 Å². The molecule has 2 aromatic rings. The average molecular weight is 290 g/mol. The Labute approximate surface area is 125 Å². The monoisotopic (exact) mass is 290 g/mol. The van der Waals surface area contributed by atoms with Crippen molar-refractivity contribution in [2.24, 2.45) is 0 Å². The lowest BCUT2D eigenvalue weighted by Crippen LogP contribution is -2.18. The van der Waals surface area contributed by atoms with Crippen LogP contribution in [0.15, 0.2) is 30.3 Å². The molecule has 0 saturated heterocycles. The number of fused-ring (bicyclic) bond motifs is 1. The van der Waals surface area contributed by atoms with Crippen LogP contribution in [0.2, 0.25) is 0 Å². The van der Waals surface area contributed by atoms with Crippen LogP contribution >= 0.6 is 11.8 Å². The number of aromatic nitrogens is 1. The van der Waals surface area contributed by atoms with Gasteiger partial charge in [0.05, 0.1) is 12.8 Å². The molecule has 0 fully saturated rings. The standard InChI is InChI=1S/C16H22N2OS/c1-12(20-3)9-10-17-11-14-8-7-13-5-4-6-15(19-2)16(13)18-14/h4-8,12,17H,9-11H2,1-3H3. The summed E-state index contributed by atoms with van der Waals surface area (Å²) < 4.78 is 5.37. The lowest BCUT2D eigenvalue weighted by molar-refractivity contribution is 0.418. The van der Waals surface area contributed by atoms with E-state index in [1.54, 1.807) is 7.11 Å². The highest BCUT2D eigenvalue weighted by Gasteiger charge is 2.04. The van der Waals surface area contributed by atoms with Crippen LogP contribution in [-0.2, 0) is 6.54 Å². The number of pyridine rings is 1. The van der Waals surface area contributed by atoms with Crippen LogP contribution in [0, 0.1) is 0 Å². The Hall–Kier alpha value is -1.26. The van der Waals surface area contributed by atoms with Crippen molar-refractivity contribution < 1.29 is 4.74 Å². The van der Waals surface area contributed by atoms with E-state index in [2.05, 4.69) is 36.7 Å². The molecule has 0 radical (unpaired) electrons. The zero-order valence-electron chi connectivity index (χ0n) is 12.3. The minimum atomic E-state index is 0.701. The summed E-state index contributed by atoms with van der Waals surface area (Å²) in [6, 6.07) is 10.2. The summed E-state index contributed by atoms with van der Waals surface area (Å²) in [7, 11) is 1.69. The van der Waals surface area contributed by atoms with Gasteiger partial charge in [-0.2, -0.15) is 11.8 Å².